The number of rotatable bonds is 3. The molecule has 22 heavy (non-hydrogen) atoms. The summed E-state index contributed by atoms with van der Waals surface area (Å²) in [6, 6.07) is 8.02. The largest absolute Gasteiger partial charge is 0.373 e. The lowest BCUT2D eigenvalue weighted by Crippen LogP contribution is -2.22. The lowest BCUT2D eigenvalue weighted by molar-refractivity contribution is -0.119. The maximum Gasteiger partial charge on any atom is 0.227 e. The van der Waals surface area contributed by atoms with Gasteiger partial charge in [-0.1, -0.05) is 47.5 Å². The molecule has 0 saturated heterocycles. The lowest BCUT2D eigenvalue weighted by Gasteiger charge is -2.25. The van der Waals surface area contributed by atoms with E-state index in [0.29, 0.717) is 17.3 Å². The fourth-order valence-corrected chi connectivity index (χ4v) is 2.82. The van der Waals surface area contributed by atoms with Crippen LogP contribution in [0.1, 0.15) is 23.7 Å². The van der Waals surface area contributed by atoms with Gasteiger partial charge in [0.15, 0.2) is 0 Å². The summed E-state index contributed by atoms with van der Waals surface area (Å²) in [4.78, 5) is 16.2. The molecule has 2 heterocycles. The maximum absolute atomic E-state index is 12.2. The van der Waals surface area contributed by atoms with Gasteiger partial charge < -0.3 is 10.1 Å². The van der Waals surface area contributed by atoms with Crippen LogP contribution in [0.3, 0.4) is 0 Å². The third-order valence-corrected chi connectivity index (χ3v) is 4.37. The number of carbonyl (C=O) groups is 1. The van der Waals surface area contributed by atoms with E-state index in [-0.39, 0.29) is 23.5 Å². The summed E-state index contributed by atoms with van der Waals surface area (Å²) in [5.74, 6) is -0.187. The molecule has 2 aromatic rings. The van der Waals surface area contributed by atoms with Crippen LogP contribution in [0.15, 0.2) is 36.7 Å². The number of hydrogen-bond acceptors (Lipinski definition) is 3. The summed E-state index contributed by atoms with van der Waals surface area (Å²) in [6.07, 6.45) is 3.76. The van der Waals surface area contributed by atoms with Crippen molar-refractivity contribution in [3.05, 3.63) is 57.8 Å². The van der Waals surface area contributed by atoms with Crippen LogP contribution >= 0.6 is 23.2 Å². The van der Waals surface area contributed by atoms with Gasteiger partial charge in [0.05, 0.1) is 41.1 Å². The molecule has 0 unspecified atom stereocenters. The van der Waals surface area contributed by atoms with Crippen LogP contribution in [0.25, 0.3) is 0 Å². The van der Waals surface area contributed by atoms with Crippen molar-refractivity contribution in [3.8, 4) is 0 Å². The van der Waals surface area contributed by atoms with Gasteiger partial charge >= 0.3 is 0 Å². The Kier molecular flexibility index (Phi) is 4.62. The molecule has 1 N–H and O–H groups in total. The highest BCUT2D eigenvalue weighted by Gasteiger charge is 2.23. The third-order valence-electron chi connectivity index (χ3n) is 3.57. The van der Waals surface area contributed by atoms with Crippen molar-refractivity contribution in [2.45, 2.75) is 18.9 Å². The molecule has 0 bridgehead atoms. The van der Waals surface area contributed by atoms with E-state index in [1.165, 1.54) is 18.0 Å². The number of amides is 1. The molecule has 0 spiro atoms. The molecule has 1 amide bonds. The smallest absolute Gasteiger partial charge is 0.227 e. The monoisotopic (exact) mass is 336 g/mol. The molecule has 0 aliphatic carbocycles. The molecule has 0 fully saturated rings. The topological polar surface area (TPSA) is 51.2 Å². The van der Waals surface area contributed by atoms with Crippen LogP contribution in [-0.2, 0) is 16.0 Å². The van der Waals surface area contributed by atoms with Crippen LogP contribution in [0.2, 0.25) is 10.0 Å². The molecule has 0 saturated carbocycles. The molecule has 1 aromatic heterocycles. The minimum Gasteiger partial charge on any atom is -0.373 e. The highest BCUT2D eigenvalue weighted by atomic mass is 35.5. The molecular formula is C16H14Cl2N2O2. The molecule has 1 atom stereocenters. The van der Waals surface area contributed by atoms with Gasteiger partial charge in [-0.3, -0.25) is 9.78 Å². The summed E-state index contributed by atoms with van der Waals surface area (Å²) in [7, 11) is 0. The van der Waals surface area contributed by atoms with Gasteiger partial charge in [0.25, 0.3) is 0 Å². The maximum atomic E-state index is 12.2. The number of hydrogen-bond donors (Lipinski definition) is 1. The Bertz CT molecular complexity index is 706. The van der Waals surface area contributed by atoms with E-state index in [2.05, 4.69) is 16.4 Å². The van der Waals surface area contributed by atoms with Crippen molar-refractivity contribution in [2.24, 2.45) is 0 Å². The molecule has 114 valence electrons. The number of aromatic nitrogens is 1. The molecule has 1 aromatic carbocycles. The number of benzene rings is 1. The summed E-state index contributed by atoms with van der Waals surface area (Å²) in [5.41, 5.74) is 2.71. The fourth-order valence-electron chi connectivity index (χ4n) is 2.52. The van der Waals surface area contributed by atoms with Gasteiger partial charge in [0, 0.05) is 6.20 Å². The second-order valence-electron chi connectivity index (χ2n) is 5.04. The SMILES string of the molecule is O=C(C[C@H]1OCCc2ccccc21)Nc1cncc(Cl)c1Cl. The zero-order valence-electron chi connectivity index (χ0n) is 11.7. The van der Waals surface area contributed by atoms with Gasteiger partial charge in [0.1, 0.15) is 0 Å². The van der Waals surface area contributed by atoms with Gasteiger partial charge in [-0.2, -0.15) is 0 Å². The van der Waals surface area contributed by atoms with Gasteiger partial charge in [0.2, 0.25) is 5.91 Å². The van der Waals surface area contributed by atoms with Crippen LogP contribution in [0.5, 0.6) is 0 Å². The number of ether oxygens (including phenoxy) is 1. The van der Waals surface area contributed by atoms with Crippen LogP contribution in [0.4, 0.5) is 5.69 Å². The number of anilines is 1. The molecule has 3 rings (SSSR count). The van der Waals surface area contributed by atoms with Crippen LogP contribution < -0.4 is 5.32 Å². The summed E-state index contributed by atoms with van der Waals surface area (Å²) < 4.78 is 5.73. The molecular weight excluding hydrogens is 323 g/mol. The van der Waals surface area contributed by atoms with E-state index in [1.54, 1.807) is 0 Å². The van der Waals surface area contributed by atoms with E-state index in [4.69, 9.17) is 27.9 Å². The Morgan fingerprint density at radius 1 is 1.32 bits per heavy atom. The minimum atomic E-state index is -0.240. The summed E-state index contributed by atoms with van der Waals surface area (Å²) >= 11 is 11.9. The molecule has 1 aliphatic rings. The first-order chi connectivity index (χ1) is 10.6. The molecule has 0 radical (unpaired) electrons. The van der Waals surface area contributed by atoms with E-state index >= 15 is 0 Å². The quantitative estimate of drug-likeness (QED) is 0.920. The van der Waals surface area contributed by atoms with E-state index in [9.17, 15) is 4.79 Å². The first kappa shape index (κ1) is 15.3. The number of nitrogens with zero attached hydrogens (tertiary/aromatic N) is 1. The number of nitrogens with one attached hydrogen (secondary N) is 1. The number of fused-ring (bicyclic) bond motifs is 1. The molecule has 4 nitrogen and oxygen atoms in total. The summed E-state index contributed by atoms with van der Waals surface area (Å²) in [6.45, 7) is 0.619. The summed E-state index contributed by atoms with van der Waals surface area (Å²) in [5, 5.41) is 3.32. The first-order valence-corrected chi connectivity index (χ1v) is 7.69. The van der Waals surface area contributed by atoms with Crippen molar-refractivity contribution in [1.29, 1.82) is 0 Å². The van der Waals surface area contributed by atoms with E-state index in [0.717, 1.165) is 12.0 Å². The van der Waals surface area contributed by atoms with Gasteiger partial charge in [-0.25, -0.2) is 0 Å². The van der Waals surface area contributed by atoms with Gasteiger partial charge in [-0.15, -0.1) is 0 Å². The van der Waals surface area contributed by atoms with Crippen molar-refractivity contribution < 1.29 is 9.53 Å². The predicted octanol–water partition coefficient (Wildman–Crippen LogP) is 4.03. The Morgan fingerprint density at radius 2 is 2.14 bits per heavy atom. The highest BCUT2D eigenvalue weighted by Crippen LogP contribution is 2.31. The number of pyridine rings is 1. The normalized spacial score (nSPS) is 16.9. The van der Waals surface area contributed by atoms with Crippen LogP contribution in [-0.4, -0.2) is 17.5 Å². The van der Waals surface area contributed by atoms with Crippen molar-refractivity contribution in [2.75, 3.05) is 11.9 Å². The number of halogens is 2. The first-order valence-electron chi connectivity index (χ1n) is 6.93. The van der Waals surface area contributed by atoms with Gasteiger partial charge in [-0.05, 0) is 17.5 Å². The fraction of sp³-hybridized carbons (Fsp3) is 0.250. The molecule has 6 heteroatoms. The second-order valence-corrected chi connectivity index (χ2v) is 5.83. The Morgan fingerprint density at radius 3 is 3.00 bits per heavy atom. The highest BCUT2D eigenvalue weighted by molar-refractivity contribution is 6.43. The van der Waals surface area contributed by atoms with Crippen molar-refractivity contribution in [1.82, 2.24) is 4.98 Å². The number of carbonyl (C=O) groups excluding carboxylic acids is 1. The molecule has 1 aliphatic heterocycles. The average Bonchev–Trinajstić information content (AvgIpc) is 2.52. The lowest BCUT2D eigenvalue weighted by atomic mass is 9.95. The van der Waals surface area contributed by atoms with Crippen molar-refractivity contribution in [3.63, 3.8) is 0 Å². The van der Waals surface area contributed by atoms with Crippen molar-refractivity contribution >= 4 is 34.8 Å². The van der Waals surface area contributed by atoms with E-state index in [1.807, 2.05) is 18.2 Å². The standard InChI is InChI=1S/C16H14Cl2N2O2/c17-12-8-19-9-13(16(12)18)20-15(21)7-14-11-4-2-1-3-10(11)5-6-22-14/h1-4,8-9,14H,5-7H2,(H,20,21)/t14-/m1/s1. The Hall–Kier alpha value is -1.62. The average molecular weight is 337 g/mol. The zero-order chi connectivity index (χ0) is 15.5. The predicted molar refractivity (Wildman–Crippen MR) is 86.3 cm³/mol. The van der Waals surface area contributed by atoms with E-state index < -0.39 is 0 Å². The van der Waals surface area contributed by atoms with Crippen LogP contribution in [0, 0.1) is 0 Å². The minimum absolute atomic E-state index is 0.187. The Labute approximate surface area is 138 Å². The zero-order valence-corrected chi connectivity index (χ0v) is 13.2. The Balaban J connectivity index is 1.72. The second kappa shape index (κ2) is 6.65. The third kappa shape index (κ3) is 3.24.